The molecule has 0 fully saturated rings. The number of nitrogens with one attached hydrogen (secondary N) is 1. The number of furan rings is 1. The molecule has 1 atom stereocenters. The molecule has 0 aliphatic heterocycles. The summed E-state index contributed by atoms with van der Waals surface area (Å²) in [5.41, 5.74) is 0.802. The maximum absolute atomic E-state index is 5.87. The Kier molecular flexibility index (Phi) is 3.92. The topological polar surface area (TPSA) is 52.2 Å². The van der Waals surface area contributed by atoms with Gasteiger partial charge >= 0.3 is 0 Å². The highest BCUT2D eigenvalue weighted by atomic mass is 16.5. The fourth-order valence-corrected chi connectivity index (χ4v) is 2.37. The summed E-state index contributed by atoms with van der Waals surface area (Å²) in [5.74, 6) is 1.67. The van der Waals surface area contributed by atoms with Crippen molar-refractivity contribution in [1.29, 1.82) is 0 Å². The molecule has 3 aromatic rings. The third-order valence-electron chi connectivity index (χ3n) is 3.42. The number of ether oxygens (including phenoxy) is 1. The van der Waals surface area contributed by atoms with Gasteiger partial charge in [-0.3, -0.25) is 4.68 Å². The lowest BCUT2D eigenvalue weighted by molar-refractivity contribution is 0.399. The summed E-state index contributed by atoms with van der Waals surface area (Å²) in [6.45, 7) is 3.64. The molecule has 0 aliphatic carbocycles. The van der Waals surface area contributed by atoms with Crippen LogP contribution in [0.25, 0.3) is 11.0 Å². The number of hydrogen-bond donors (Lipinski definition) is 1. The minimum absolute atomic E-state index is 0.306. The van der Waals surface area contributed by atoms with Gasteiger partial charge < -0.3 is 14.5 Å². The molecule has 0 bridgehead atoms. The summed E-state index contributed by atoms with van der Waals surface area (Å²) >= 11 is 0. The number of benzene rings is 1. The Morgan fingerprint density at radius 3 is 3.05 bits per heavy atom. The molecule has 0 saturated carbocycles. The second kappa shape index (κ2) is 6.01. The van der Waals surface area contributed by atoms with E-state index in [0.717, 1.165) is 29.0 Å². The van der Waals surface area contributed by atoms with Crippen LogP contribution >= 0.6 is 0 Å². The summed E-state index contributed by atoms with van der Waals surface area (Å²) in [5, 5.41) is 8.71. The van der Waals surface area contributed by atoms with Crippen LogP contribution in [0.4, 0.5) is 0 Å². The Balaban J connectivity index is 1.65. The quantitative estimate of drug-likeness (QED) is 0.756. The van der Waals surface area contributed by atoms with Gasteiger partial charge in [0.1, 0.15) is 5.76 Å². The predicted octanol–water partition coefficient (Wildman–Crippen LogP) is 2.82. The zero-order valence-corrected chi connectivity index (χ0v) is 12.2. The van der Waals surface area contributed by atoms with E-state index in [1.54, 1.807) is 13.3 Å². The van der Waals surface area contributed by atoms with Crippen LogP contribution in [0.3, 0.4) is 0 Å². The van der Waals surface area contributed by atoms with Crippen molar-refractivity contribution in [3.05, 3.63) is 48.5 Å². The fraction of sp³-hybridized carbons (Fsp3) is 0.312. The van der Waals surface area contributed by atoms with Crippen molar-refractivity contribution in [2.75, 3.05) is 7.11 Å². The molecule has 5 heteroatoms. The predicted molar refractivity (Wildman–Crippen MR) is 81.3 cm³/mol. The summed E-state index contributed by atoms with van der Waals surface area (Å²) in [7, 11) is 1.65. The van der Waals surface area contributed by atoms with E-state index in [9.17, 15) is 0 Å². The van der Waals surface area contributed by atoms with Gasteiger partial charge in [0.05, 0.1) is 20.2 Å². The lowest BCUT2D eigenvalue weighted by atomic mass is 10.2. The third-order valence-corrected chi connectivity index (χ3v) is 3.42. The van der Waals surface area contributed by atoms with Crippen LogP contribution in [-0.4, -0.2) is 22.9 Å². The molecular weight excluding hydrogens is 266 g/mol. The maximum Gasteiger partial charge on any atom is 0.176 e. The zero-order chi connectivity index (χ0) is 14.7. The van der Waals surface area contributed by atoms with E-state index in [4.69, 9.17) is 9.15 Å². The standard InChI is InChI=1S/C16H19N3O2/c1-12(11-19-8-4-7-18-19)17-10-14-9-13-5-3-6-15(20-2)16(13)21-14/h3-9,12,17H,10-11H2,1-2H3. The lowest BCUT2D eigenvalue weighted by Crippen LogP contribution is -2.29. The molecule has 0 aliphatic rings. The average Bonchev–Trinajstić information content (AvgIpc) is 3.13. The van der Waals surface area contributed by atoms with E-state index in [1.165, 1.54) is 0 Å². The Labute approximate surface area is 123 Å². The average molecular weight is 285 g/mol. The van der Waals surface area contributed by atoms with Crippen LogP contribution < -0.4 is 10.1 Å². The first-order chi connectivity index (χ1) is 10.3. The molecule has 110 valence electrons. The molecule has 0 radical (unpaired) electrons. The largest absolute Gasteiger partial charge is 0.493 e. The number of hydrogen-bond acceptors (Lipinski definition) is 4. The van der Waals surface area contributed by atoms with E-state index >= 15 is 0 Å². The molecule has 1 aromatic carbocycles. The Bertz CT molecular complexity index is 703. The van der Waals surface area contributed by atoms with Gasteiger partial charge in [-0.15, -0.1) is 0 Å². The molecule has 3 rings (SSSR count). The first-order valence-electron chi connectivity index (χ1n) is 7.02. The summed E-state index contributed by atoms with van der Waals surface area (Å²) < 4.78 is 13.1. The minimum atomic E-state index is 0.306. The van der Waals surface area contributed by atoms with E-state index in [1.807, 2.05) is 41.2 Å². The number of rotatable bonds is 6. The van der Waals surface area contributed by atoms with Crippen molar-refractivity contribution in [1.82, 2.24) is 15.1 Å². The second-order valence-corrected chi connectivity index (χ2v) is 5.10. The van der Waals surface area contributed by atoms with E-state index in [2.05, 4.69) is 17.3 Å². The molecule has 1 N–H and O–H groups in total. The molecule has 0 spiro atoms. The molecule has 0 saturated heterocycles. The van der Waals surface area contributed by atoms with Crippen LogP contribution in [-0.2, 0) is 13.1 Å². The van der Waals surface area contributed by atoms with Gasteiger partial charge in [0, 0.05) is 23.8 Å². The maximum atomic E-state index is 5.87. The first kappa shape index (κ1) is 13.7. The smallest absolute Gasteiger partial charge is 0.176 e. The van der Waals surface area contributed by atoms with Gasteiger partial charge in [0.2, 0.25) is 0 Å². The fourth-order valence-electron chi connectivity index (χ4n) is 2.37. The van der Waals surface area contributed by atoms with Gasteiger partial charge in [-0.25, -0.2) is 0 Å². The molecular formula is C16H19N3O2. The van der Waals surface area contributed by atoms with Crippen molar-refractivity contribution in [3.8, 4) is 5.75 Å². The summed E-state index contributed by atoms with van der Waals surface area (Å²) in [6, 6.07) is 10.2. The SMILES string of the molecule is COc1cccc2cc(CNC(C)Cn3cccn3)oc12. The van der Waals surface area contributed by atoms with Crippen LogP contribution in [0.2, 0.25) is 0 Å². The second-order valence-electron chi connectivity index (χ2n) is 5.10. The highest BCUT2D eigenvalue weighted by Gasteiger charge is 2.09. The molecule has 21 heavy (non-hydrogen) atoms. The minimum Gasteiger partial charge on any atom is -0.493 e. The zero-order valence-electron chi connectivity index (χ0n) is 12.2. The number of fused-ring (bicyclic) bond motifs is 1. The van der Waals surface area contributed by atoms with Crippen LogP contribution in [0, 0.1) is 0 Å². The highest BCUT2D eigenvalue weighted by Crippen LogP contribution is 2.28. The van der Waals surface area contributed by atoms with Crippen LogP contribution in [0.1, 0.15) is 12.7 Å². The normalized spacial score (nSPS) is 12.7. The van der Waals surface area contributed by atoms with Gasteiger partial charge in [0.15, 0.2) is 11.3 Å². The lowest BCUT2D eigenvalue weighted by Gasteiger charge is -2.12. The number of methoxy groups -OCH3 is 1. The number of aromatic nitrogens is 2. The summed E-state index contributed by atoms with van der Waals surface area (Å²) in [4.78, 5) is 0. The van der Waals surface area contributed by atoms with E-state index in [-0.39, 0.29) is 0 Å². The summed E-state index contributed by atoms with van der Waals surface area (Å²) in [6.07, 6.45) is 3.75. The van der Waals surface area contributed by atoms with E-state index < -0.39 is 0 Å². The monoisotopic (exact) mass is 285 g/mol. The van der Waals surface area contributed by atoms with Gasteiger partial charge in [-0.2, -0.15) is 5.10 Å². The van der Waals surface area contributed by atoms with Crippen molar-refractivity contribution in [2.24, 2.45) is 0 Å². The molecule has 2 heterocycles. The molecule has 1 unspecified atom stereocenters. The number of para-hydroxylation sites is 1. The van der Waals surface area contributed by atoms with Crippen molar-refractivity contribution in [2.45, 2.75) is 26.1 Å². The first-order valence-corrected chi connectivity index (χ1v) is 7.02. The molecule has 2 aromatic heterocycles. The van der Waals surface area contributed by atoms with E-state index in [0.29, 0.717) is 12.6 Å². The van der Waals surface area contributed by atoms with Crippen LogP contribution in [0.15, 0.2) is 47.1 Å². The van der Waals surface area contributed by atoms with Crippen LogP contribution in [0.5, 0.6) is 5.75 Å². The van der Waals surface area contributed by atoms with Crippen molar-refractivity contribution < 1.29 is 9.15 Å². The van der Waals surface area contributed by atoms with Crippen molar-refractivity contribution >= 4 is 11.0 Å². The molecule has 5 nitrogen and oxygen atoms in total. The van der Waals surface area contributed by atoms with Crippen molar-refractivity contribution in [3.63, 3.8) is 0 Å². The van der Waals surface area contributed by atoms with Gasteiger partial charge in [-0.1, -0.05) is 12.1 Å². The Morgan fingerprint density at radius 1 is 1.38 bits per heavy atom. The van der Waals surface area contributed by atoms with Gasteiger partial charge in [-0.05, 0) is 25.1 Å². The Morgan fingerprint density at radius 2 is 2.29 bits per heavy atom. The Hall–Kier alpha value is -2.27. The number of nitrogens with zero attached hydrogens (tertiary/aromatic N) is 2. The van der Waals surface area contributed by atoms with Gasteiger partial charge in [0.25, 0.3) is 0 Å². The third kappa shape index (κ3) is 3.08. The highest BCUT2D eigenvalue weighted by molar-refractivity contribution is 5.83. The molecule has 0 amide bonds.